The Morgan fingerprint density at radius 1 is 1.04 bits per heavy atom. The molecule has 0 unspecified atom stereocenters. The van der Waals surface area contributed by atoms with Crippen molar-refractivity contribution >= 4 is 23.1 Å². The lowest BCUT2D eigenvalue weighted by Crippen LogP contribution is -2.15. The molecule has 0 aliphatic heterocycles. The molecule has 0 saturated heterocycles. The Hall–Kier alpha value is -3.48. The molecule has 3 aromatic rings. The number of carbonyl (C=O) groups excluding carboxylic acids is 1. The maximum Gasteiger partial charge on any atom is 0.275 e. The molecule has 0 aliphatic rings. The van der Waals surface area contributed by atoms with E-state index >= 15 is 0 Å². The number of anilines is 3. The van der Waals surface area contributed by atoms with E-state index in [1.165, 1.54) is 18.5 Å². The lowest BCUT2D eigenvalue weighted by molar-refractivity contribution is 0.102. The zero-order valence-electron chi connectivity index (χ0n) is 15.8. The van der Waals surface area contributed by atoms with Gasteiger partial charge in [-0.1, -0.05) is 18.2 Å². The molecule has 0 fully saturated rings. The molecule has 0 radical (unpaired) electrons. The molecular weight excluding hydrogens is 357 g/mol. The van der Waals surface area contributed by atoms with Gasteiger partial charge in [-0.25, -0.2) is 14.4 Å². The predicted octanol–water partition coefficient (Wildman–Crippen LogP) is 3.59. The van der Waals surface area contributed by atoms with E-state index in [-0.39, 0.29) is 17.4 Å². The monoisotopic (exact) mass is 379 g/mol. The van der Waals surface area contributed by atoms with Crippen molar-refractivity contribution in [2.75, 3.05) is 36.2 Å². The average Bonchev–Trinajstić information content (AvgIpc) is 2.70. The average molecular weight is 379 g/mol. The van der Waals surface area contributed by atoms with Gasteiger partial charge in [-0.15, -0.1) is 0 Å². The van der Waals surface area contributed by atoms with Crippen LogP contribution in [0.15, 0.2) is 60.9 Å². The number of nitrogens with one attached hydrogen (secondary N) is 2. The third kappa shape index (κ3) is 5.03. The van der Waals surface area contributed by atoms with Gasteiger partial charge in [-0.05, 0) is 42.3 Å². The minimum Gasteiger partial charge on any atom is -0.378 e. The van der Waals surface area contributed by atoms with Crippen LogP contribution < -0.4 is 15.5 Å². The maximum atomic E-state index is 13.6. The van der Waals surface area contributed by atoms with Crippen molar-refractivity contribution in [3.05, 3.63) is 78.0 Å². The fraction of sp³-hybridized carbons (Fsp3) is 0.190. The Morgan fingerprint density at radius 2 is 1.79 bits per heavy atom. The van der Waals surface area contributed by atoms with Crippen LogP contribution in [0, 0.1) is 5.82 Å². The molecule has 0 bridgehead atoms. The van der Waals surface area contributed by atoms with Gasteiger partial charge in [0, 0.05) is 32.0 Å². The molecule has 0 aliphatic carbocycles. The van der Waals surface area contributed by atoms with E-state index in [1.807, 2.05) is 43.3 Å². The van der Waals surface area contributed by atoms with E-state index in [0.717, 1.165) is 5.69 Å². The van der Waals surface area contributed by atoms with Crippen molar-refractivity contribution < 1.29 is 9.18 Å². The molecule has 28 heavy (non-hydrogen) atoms. The number of hydrogen-bond donors (Lipinski definition) is 2. The number of halogens is 1. The second kappa shape index (κ2) is 8.94. The number of carbonyl (C=O) groups is 1. The van der Waals surface area contributed by atoms with Crippen molar-refractivity contribution in [3.8, 4) is 0 Å². The zero-order valence-corrected chi connectivity index (χ0v) is 15.8. The molecule has 144 valence electrons. The Balaban J connectivity index is 1.53. The van der Waals surface area contributed by atoms with Crippen molar-refractivity contribution in [1.82, 2.24) is 9.97 Å². The molecule has 2 aromatic carbocycles. The normalized spacial score (nSPS) is 10.4. The summed E-state index contributed by atoms with van der Waals surface area (Å²) in [5.41, 5.74) is 2.59. The molecule has 2 N–H and O–H groups in total. The first-order valence-corrected chi connectivity index (χ1v) is 8.91. The van der Waals surface area contributed by atoms with Gasteiger partial charge in [-0.2, -0.15) is 0 Å². The minimum atomic E-state index is -0.331. The second-order valence-electron chi connectivity index (χ2n) is 6.45. The third-order valence-electron chi connectivity index (χ3n) is 4.18. The molecule has 6 nitrogen and oxygen atoms in total. The van der Waals surface area contributed by atoms with E-state index in [2.05, 4.69) is 20.6 Å². The highest BCUT2D eigenvalue weighted by Crippen LogP contribution is 2.16. The SMILES string of the molecule is CN(C)c1ccc(NC(=O)c2cnc(NCCc3ccccc3F)cn2)cc1. The van der Waals surface area contributed by atoms with Gasteiger partial charge in [0.25, 0.3) is 5.91 Å². The lowest BCUT2D eigenvalue weighted by atomic mass is 10.1. The van der Waals surface area contributed by atoms with Gasteiger partial charge < -0.3 is 15.5 Å². The fourth-order valence-electron chi connectivity index (χ4n) is 2.60. The van der Waals surface area contributed by atoms with Gasteiger partial charge in [-0.3, -0.25) is 4.79 Å². The highest BCUT2D eigenvalue weighted by Gasteiger charge is 2.09. The van der Waals surface area contributed by atoms with E-state index in [9.17, 15) is 9.18 Å². The first kappa shape index (κ1) is 19.3. The summed E-state index contributed by atoms with van der Waals surface area (Å²) < 4.78 is 13.6. The molecule has 7 heteroatoms. The van der Waals surface area contributed by atoms with Gasteiger partial charge in [0.15, 0.2) is 0 Å². The Kier molecular flexibility index (Phi) is 6.16. The van der Waals surface area contributed by atoms with Crippen LogP contribution >= 0.6 is 0 Å². The van der Waals surface area contributed by atoms with Crippen molar-refractivity contribution in [2.24, 2.45) is 0 Å². The van der Waals surface area contributed by atoms with Crippen LogP contribution in [0.25, 0.3) is 0 Å². The van der Waals surface area contributed by atoms with Crippen LogP contribution in [0.1, 0.15) is 16.1 Å². The third-order valence-corrected chi connectivity index (χ3v) is 4.18. The standard InChI is InChI=1S/C21H22FN5O/c1-27(2)17-9-7-16(8-10-17)26-21(28)19-13-25-20(14-24-19)23-12-11-15-5-3-4-6-18(15)22/h3-10,13-14H,11-12H2,1-2H3,(H,23,25)(H,26,28). The molecule has 0 spiro atoms. The van der Waals surface area contributed by atoms with E-state index < -0.39 is 0 Å². The summed E-state index contributed by atoms with van der Waals surface area (Å²) in [4.78, 5) is 22.6. The van der Waals surface area contributed by atoms with Crippen LogP contribution in [0.4, 0.5) is 21.6 Å². The summed E-state index contributed by atoms with van der Waals surface area (Å²) in [5.74, 6) is -0.0211. The smallest absolute Gasteiger partial charge is 0.275 e. The first-order valence-electron chi connectivity index (χ1n) is 8.91. The molecule has 1 amide bonds. The number of nitrogens with zero attached hydrogens (tertiary/aromatic N) is 3. The Bertz CT molecular complexity index is 926. The maximum absolute atomic E-state index is 13.6. The van der Waals surface area contributed by atoms with Gasteiger partial charge in [0.1, 0.15) is 17.3 Å². The number of amides is 1. The van der Waals surface area contributed by atoms with Gasteiger partial charge in [0.05, 0.1) is 12.4 Å². The number of hydrogen-bond acceptors (Lipinski definition) is 5. The van der Waals surface area contributed by atoms with E-state index in [1.54, 1.807) is 18.2 Å². The van der Waals surface area contributed by atoms with Crippen LogP contribution in [0.5, 0.6) is 0 Å². The molecule has 0 atom stereocenters. The summed E-state index contributed by atoms with van der Waals surface area (Å²) in [7, 11) is 3.91. The second-order valence-corrected chi connectivity index (χ2v) is 6.45. The summed E-state index contributed by atoms with van der Waals surface area (Å²) in [5, 5.41) is 5.87. The van der Waals surface area contributed by atoms with Crippen molar-refractivity contribution in [1.29, 1.82) is 0 Å². The lowest BCUT2D eigenvalue weighted by Gasteiger charge is -2.13. The van der Waals surface area contributed by atoms with Gasteiger partial charge in [0.2, 0.25) is 0 Å². The zero-order chi connectivity index (χ0) is 19.9. The van der Waals surface area contributed by atoms with E-state index in [4.69, 9.17) is 0 Å². The summed E-state index contributed by atoms with van der Waals surface area (Å²) >= 11 is 0. The summed E-state index contributed by atoms with van der Waals surface area (Å²) in [6.07, 6.45) is 3.43. The predicted molar refractivity (Wildman–Crippen MR) is 109 cm³/mol. The molecular formula is C21H22FN5O. The summed E-state index contributed by atoms with van der Waals surface area (Å²) in [6, 6.07) is 14.2. The quantitative estimate of drug-likeness (QED) is 0.657. The first-order chi connectivity index (χ1) is 13.5. The van der Waals surface area contributed by atoms with E-state index in [0.29, 0.717) is 30.0 Å². The van der Waals surface area contributed by atoms with Crippen LogP contribution in [-0.4, -0.2) is 36.5 Å². The minimum absolute atomic E-state index is 0.219. The highest BCUT2D eigenvalue weighted by atomic mass is 19.1. The number of benzene rings is 2. The fourth-order valence-corrected chi connectivity index (χ4v) is 2.60. The topological polar surface area (TPSA) is 70.2 Å². The van der Waals surface area contributed by atoms with Gasteiger partial charge >= 0.3 is 0 Å². The highest BCUT2D eigenvalue weighted by molar-refractivity contribution is 6.02. The van der Waals surface area contributed by atoms with Crippen LogP contribution in [0.3, 0.4) is 0 Å². The van der Waals surface area contributed by atoms with Crippen LogP contribution in [-0.2, 0) is 6.42 Å². The summed E-state index contributed by atoms with van der Waals surface area (Å²) in [6.45, 7) is 0.513. The van der Waals surface area contributed by atoms with Crippen LogP contribution in [0.2, 0.25) is 0 Å². The molecule has 3 rings (SSSR count). The molecule has 1 heterocycles. The molecule has 1 aromatic heterocycles. The Morgan fingerprint density at radius 3 is 2.43 bits per heavy atom. The number of aromatic nitrogens is 2. The number of rotatable bonds is 7. The molecule has 0 saturated carbocycles. The largest absolute Gasteiger partial charge is 0.378 e. The Labute approximate surface area is 163 Å². The van der Waals surface area contributed by atoms with Crippen molar-refractivity contribution in [2.45, 2.75) is 6.42 Å². The van der Waals surface area contributed by atoms with Crippen molar-refractivity contribution in [3.63, 3.8) is 0 Å².